The molecule has 18 heavy (non-hydrogen) atoms. The van der Waals surface area contributed by atoms with E-state index in [1.54, 1.807) is 6.92 Å². The van der Waals surface area contributed by atoms with Gasteiger partial charge in [0.25, 0.3) is 0 Å². The first-order valence-electron chi connectivity index (χ1n) is 5.19. The highest BCUT2D eigenvalue weighted by Gasteiger charge is 2.31. The average molecular weight is 258 g/mol. The first kappa shape index (κ1) is 12.5. The van der Waals surface area contributed by atoms with Crippen LogP contribution < -0.4 is 0 Å². The Kier molecular flexibility index (Phi) is 3.02. The molecule has 2 rings (SSSR count). The minimum absolute atomic E-state index is 0.00729. The Balaban J connectivity index is 2.43. The summed E-state index contributed by atoms with van der Waals surface area (Å²) in [4.78, 5) is 11.4. The summed E-state index contributed by atoms with van der Waals surface area (Å²) >= 11 is 0. The fraction of sp³-hybridized carbons (Fsp3) is 0.250. The van der Waals surface area contributed by atoms with Gasteiger partial charge in [0.2, 0.25) is 5.76 Å². The minimum atomic E-state index is -4.44. The maximum Gasteiger partial charge on any atom is 0.416 e. The molecule has 0 spiro atoms. The molecule has 0 unspecified atom stereocenters. The molecule has 0 aliphatic rings. The summed E-state index contributed by atoms with van der Waals surface area (Å²) in [5.74, 6) is -0.798. The average Bonchev–Trinajstić information content (AvgIpc) is 2.70. The van der Waals surface area contributed by atoms with Gasteiger partial charge >= 0.3 is 12.1 Å². The largest absolute Gasteiger partial charge is 0.460 e. The van der Waals surface area contributed by atoms with E-state index in [1.165, 1.54) is 12.1 Å². The third-order valence-corrected chi connectivity index (χ3v) is 2.32. The monoisotopic (exact) mass is 258 g/mol. The van der Waals surface area contributed by atoms with Crippen molar-refractivity contribution in [3.8, 4) is 0 Å². The van der Waals surface area contributed by atoms with Crippen LogP contribution in [0.15, 0.2) is 28.7 Å². The quantitative estimate of drug-likeness (QED) is 0.772. The van der Waals surface area contributed by atoms with Crippen molar-refractivity contribution in [2.24, 2.45) is 0 Å². The van der Waals surface area contributed by atoms with E-state index in [0.717, 1.165) is 12.1 Å². The van der Waals surface area contributed by atoms with Crippen molar-refractivity contribution in [3.05, 3.63) is 35.6 Å². The predicted molar refractivity (Wildman–Crippen MR) is 57.2 cm³/mol. The standard InChI is InChI=1S/C12H9F3O3/c1-2-17-11(16)10-5-7-3-4-8(12(13,14)15)6-9(7)18-10/h3-6H,2H2,1H3. The van der Waals surface area contributed by atoms with Crippen molar-refractivity contribution in [1.82, 2.24) is 0 Å². The Morgan fingerprint density at radius 2 is 2.06 bits per heavy atom. The first-order chi connectivity index (χ1) is 8.41. The molecule has 3 nitrogen and oxygen atoms in total. The second-order valence-electron chi connectivity index (χ2n) is 3.58. The molecule has 2 aromatic rings. The molecule has 0 atom stereocenters. The van der Waals surface area contributed by atoms with E-state index in [4.69, 9.17) is 9.15 Å². The summed E-state index contributed by atoms with van der Waals surface area (Å²) in [6.45, 7) is 1.80. The van der Waals surface area contributed by atoms with Crippen molar-refractivity contribution < 1.29 is 27.1 Å². The highest BCUT2D eigenvalue weighted by Crippen LogP contribution is 2.32. The Morgan fingerprint density at radius 1 is 1.33 bits per heavy atom. The van der Waals surface area contributed by atoms with Crippen LogP contribution in [-0.4, -0.2) is 12.6 Å². The lowest BCUT2D eigenvalue weighted by atomic mass is 10.1. The van der Waals surface area contributed by atoms with E-state index in [1.807, 2.05) is 0 Å². The number of hydrogen-bond donors (Lipinski definition) is 0. The lowest BCUT2D eigenvalue weighted by Crippen LogP contribution is -2.03. The van der Waals surface area contributed by atoms with Gasteiger partial charge in [-0.15, -0.1) is 0 Å². The predicted octanol–water partition coefficient (Wildman–Crippen LogP) is 3.63. The van der Waals surface area contributed by atoms with Crippen LogP contribution in [0.25, 0.3) is 11.0 Å². The number of alkyl halides is 3. The van der Waals surface area contributed by atoms with E-state index in [-0.39, 0.29) is 18.0 Å². The van der Waals surface area contributed by atoms with E-state index in [2.05, 4.69) is 0 Å². The molecule has 1 aromatic heterocycles. The van der Waals surface area contributed by atoms with Crippen LogP contribution in [0.5, 0.6) is 0 Å². The highest BCUT2D eigenvalue weighted by atomic mass is 19.4. The first-order valence-corrected chi connectivity index (χ1v) is 5.19. The molecule has 0 saturated heterocycles. The number of rotatable bonds is 2. The van der Waals surface area contributed by atoms with Crippen LogP contribution in [-0.2, 0) is 10.9 Å². The zero-order valence-corrected chi connectivity index (χ0v) is 9.38. The van der Waals surface area contributed by atoms with Crippen molar-refractivity contribution >= 4 is 16.9 Å². The third-order valence-electron chi connectivity index (χ3n) is 2.32. The van der Waals surface area contributed by atoms with E-state index >= 15 is 0 Å². The van der Waals surface area contributed by atoms with Gasteiger partial charge in [-0.05, 0) is 25.1 Å². The van der Waals surface area contributed by atoms with Crippen LogP contribution in [0.1, 0.15) is 23.0 Å². The van der Waals surface area contributed by atoms with Crippen LogP contribution in [0.4, 0.5) is 13.2 Å². The molecular weight excluding hydrogens is 249 g/mol. The summed E-state index contributed by atoms with van der Waals surface area (Å²) in [7, 11) is 0. The van der Waals surface area contributed by atoms with Crippen LogP contribution in [0.3, 0.4) is 0 Å². The molecule has 0 aliphatic heterocycles. The zero-order valence-electron chi connectivity index (χ0n) is 9.38. The molecule has 96 valence electrons. The van der Waals surface area contributed by atoms with Crippen molar-refractivity contribution in [1.29, 1.82) is 0 Å². The molecule has 1 heterocycles. The van der Waals surface area contributed by atoms with Crippen molar-refractivity contribution in [2.75, 3.05) is 6.61 Å². The number of carbonyl (C=O) groups is 1. The third kappa shape index (κ3) is 2.32. The lowest BCUT2D eigenvalue weighted by molar-refractivity contribution is -0.137. The Morgan fingerprint density at radius 3 is 2.67 bits per heavy atom. The molecule has 0 fully saturated rings. The Labute approximate surface area is 100 Å². The number of fused-ring (bicyclic) bond motifs is 1. The molecule has 6 heteroatoms. The van der Waals surface area contributed by atoms with Gasteiger partial charge in [0.05, 0.1) is 12.2 Å². The summed E-state index contributed by atoms with van der Waals surface area (Å²) in [6, 6.07) is 4.41. The topological polar surface area (TPSA) is 39.4 Å². The molecular formula is C12H9F3O3. The Bertz CT molecular complexity index is 584. The number of hydrogen-bond acceptors (Lipinski definition) is 3. The number of carbonyl (C=O) groups excluding carboxylic acids is 1. The van der Waals surface area contributed by atoms with E-state index in [0.29, 0.717) is 5.39 Å². The minimum Gasteiger partial charge on any atom is -0.460 e. The van der Waals surface area contributed by atoms with Crippen LogP contribution in [0.2, 0.25) is 0 Å². The smallest absolute Gasteiger partial charge is 0.416 e. The molecule has 0 amide bonds. The van der Waals surface area contributed by atoms with E-state index < -0.39 is 17.7 Å². The van der Waals surface area contributed by atoms with Gasteiger partial charge in [0.1, 0.15) is 5.58 Å². The van der Waals surface area contributed by atoms with Gasteiger partial charge in [-0.1, -0.05) is 6.07 Å². The fourth-order valence-electron chi connectivity index (χ4n) is 1.51. The van der Waals surface area contributed by atoms with Crippen molar-refractivity contribution in [2.45, 2.75) is 13.1 Å². The maximum absolute atomic E-state index is 12.5. The second-order valence-corrected chi connectivity index (χ2v) is 3.58. The van der Waals surface area contributed by atoms with Gasteiger partial charge in [-0.2, -0.15) is 13.2 Å². The van der Waals surface area contributed by atoms with Gasteiger partial charge in [-0.3, -0.25) is 0 Å². The van der Waals surface area contributed by atoms with Gasteiger partial charge in [0.15, 0.2) is 0 Å². The number of halogens is 3. The highest BCUT2D eigenvalue weighted by molar-refractivity contribution is 5.92. The molecule has 0 saturated carbocycles. The summed E-state index contributed by atoms with van der Waals surface area (Å²) in [5, 5.41) is 0.422. The Hall–Kier alpha value is -1.98. The maximum atomic E-state index is 12.5. The number of esters is 1. The van der Waals surface area contributed by atoms with Gasteiger partial charge in [0, 0.05) is 5.39 Å². The fourth-order valence-corrected chi connectivity index (χ4v) is 1.51. The molecule has 0 N–H and O–H groups in total. The summed E-state index contributed by atoms with van der Waals surface area (Å²) in [6.07, 6.45) is -4.44. The lowest BCUT2D eigenvalue weighted by Gasteiger charge is -2.04. The number of furan rings is 1. The molecule has 0 aliphatic carbocycles. The van der Waals surface area contributed by atoms with Crippen LogP contribution in [0, 0.1) is 0 Å². The van der Waals surface area contributed by atoms with Gasteiger partial charge in [-0.25, -0.2) is 4.79 Å². The SMILES string of the molecule is CCOC(=O)c1cc2ccc(C(F)(F)F)cc2o1. The number of ether oxygens (including phenoxy) is 1. The van der Waals surface area contributed by atoms with Crippen LogP contribution >= 0.6 is 0 Å². The van der Waals surface area contributed by atoms with E-state index in [9.17, 15) is 18.0 Å². The molecule has 1 aromatic carbocycles. The number of benzene rings is 1. The zero-order chi connectivity index (χ0) is 13.3. The van der Waals surface area contributed by atoms with Crippen molar-refractivity contribution in [3.63, 3.8) is 0 Å². The molecule has 0 bridgehead atoms. The normalized spacial score (nSPS) is 11.8. The molecule has 0 radical (unpaired) electrons. The second kappa shape index (κ2) is 4.36. The summed E-state index contributed by atoms with van der Waals surface area (Å²) < 4.78 is 47.1. The van der Waals surface area contributed by atoms with Gasteiger partial charge < -0.3 is 9.15 Å². The summed E-state index contributed by atoms with van der Waals surface area (Å²) in [5.41, 5.74) is -0.812.